The smallest absolute Gasteiger partial charge is 0.430 e. The molecular formula is C4H6BBrO2S. The molecule has 0 radical (unpaired) electrons. The van der Waals surface area contributed by atoms with Crippen molar-refractivity contribution in [2.45, 2.75) is 0 Å². The van der Waals surface area contributed by atoms with Crippen molar-refractivity contribution in [2.24, 2.45) is 0 Å². The summed E-state index contributed by atoms with van der Waals surface area (Å²) in [6, 6.07) is 2.02. The molecule has 1 aromatic heterocycles. The number of rotatable bonds is 0. The van der Waals surface area contributed by atoms with E-state index in [0.29, 0.717) is 0 Å². The van der Waals surface area contributed by atoms with Gasteiger partial charge in [-0.15, -0.1) is 0 Å². The first-order chi connectivity index (χ1) is 4.31. The Bertz CT molecular complexity index is 133. The normalized spacial score (nSPS) is 7.44. The molecule has 5 heteroatoms. The first-order valence-corrected chi connectivity index (χ1v) is 3.94. The van der Waals surface area contributed by atoms with Crippen molar-refractivity contribution in [3.63, 3.8) is 0 Å². The molecule has 2 nitrogen and oxygen atoms in total. The maximum atomic E-state index is 7.12. The summed E-state index contributed by atoms with van der Waals surface area (Å²) < 4.78 is 1.17. The minimum Gasteiger partial charge on any atom is -0.430 e. The summed E-state index contributed by atoms with van der Waals surface area (Å²) in [5.41, 5.74) is 0. The first-order valence-electron chi connectivity index (χ1n) is 2.20. The second-order valence-corrected chi connectivity index (χ2v) is 2.78. The van der Waals surface area contributed by atoms with E-state index < -0.39 is 7.69 Å². The predicted octanol–water partition coefficient (Wildman–Crippen LogP) is 0.748. The molecule has 0 bridgehead atoms. The zero-order valence-electron chi connectivity index (χ0n) is 4.62. The van der Waals surface area contributed by atoms with Gasteiger partial charge in [0.15, 0.2) is 0 Å². The van der Waals surface area contributed by atoms with Crippen molar-refractivity contribution >= 4 is 35.0 Å². The van der Waals surface area contributed by atoms with E-state index in [2.05, 4.69) is 15.9 Å². The van der Waals surface area contributed by atoms with Gasteiger partial charge in [-0.2, -0.15) is 11.3 Å². The van der Waals surface area contributed by atoms with E-state index in [1.54, 1.807) is 11.3 Å². The van der Waals surface area contributed by atoms with Crippen LogP contribution in [0.15, 0.2) is 21.3 Å². The molecule has 1 aromatic rings. The van der Waals surface area contributed by atoms with E-state index in [4.69, 9.17) is 10.0 Å². The zero-order chi connectivity index (χ0) is 7.11. The van der Waals surface area contributed by atoms with E-state index in [1.807, 2.05) is 16.8 Å². The Morgan fingerprint density at radius 2 is 2.11 bits per heavy atom. The minimum absolute atomic E-state index is 0.750. The summed E-state index contributed by atoms with van der Waals surface area (Å²) in [5, 5.41) is 18.3. The monoisotopic (exact) mass is 208 g/mol. The van der Waals surface area contributed by atoms with Crippen molar-refractivity contribution in [1.82, 2.24) is 0 Å². The molecule has 9 heavy (non-hydrogen) atoms. The van der Waals surface area contributed by atoms with Gasteiger partial charge in [-0.25, -0.2) is 0 Å². The maximum Gasteiger partial charge on any atom is 0.432 e. The quantitative estimate of drug-likeness (QED) is 0.618. The lowest BCUT2D eigenvalue weighted by Gasteiger charge is -1.62. The molecule has 2 N–H and O–H groups in total. The summed E-state index contributed by atoms with van der Waals surface area (Å²) >= 11 is 4.98. The highest BCUT2D eigenvalue weighted by Crippen LogP contribution is 2.11. The Kier molecular flexibility index (Phi) is 6.40. The van der Waals surface area contributed by atoms with Crippen molar-refractivity contribution in [3.05, 3.63) is 21.3 Å². The summed E-state index contributed by atoms with van der Waals surface area (Å²) in [6.07, 6.45) is 0. The van der Waals surface area contributed by atoms with Gasteiger partial charge in [-0.3, -0.25) is 0 Å². The number of thiophene rings is 1. The van der Waals surface area contributed by atoms with Crippen LogP contribution in [0.4, 0.5) is 0 Å². The van der Waals surface area contributed by atoms with Gasteiger partial charge in [0.2, 0.25) is 0 Å². The Morgan fingerprint density at radius 1 is 1.56 bits per heavy atom. The predicted molar refractivity (Wildman–Crippen MR) is 43.6 cm³/mol. The van der Waals surface area contributed by atoms with Crippen molar-refractivity contribution in [1.29, 1.82) is 0 Å². The number of halogens is 1. The van der Waals surface area contributed by atoms with Crippen LogP contribution in [0, 0.1) is 0 Å². The van der Waals surface area contributed by atoms with Gasteiger partial charge in [-0.05, 0) is 27.4 Å². The van der Waals surface area contributed by atoms with Crippen molar-refractivity contribution < 1.29 is 10.0 Å². The lowest BCUT2D eigenvalue weighted by Crippen LogP contribution is -1.75. The maximum absolute atomic E-state index is 7.12. The average molecular weight is 209 g/mol. The van der Waals surface area contributed by atoms with Gasteiger partial charge < -0.3 is 10.0 Å². The van der Waals surface area contributed by atoms with Gasteiger partial charge in [0, 0.05) is 9.85 Å². The number of hydrogen-bond acceptors (Lipinski definition) is 3. The minimum atomic E-state index is -0.750. The van der Waals surface area contributed by atoms with Crippen LogP contribution in [-0.2, 0) is 0 Å². The average Bonchev–Trinajstić information content (AvgIpc) is 2.20. The van der Waals surface area contributed by atoms with Crippen molar-refractivity contribution in [3.8, 4) is 0 Å². The SMILES string of the molecule is Brc1ccsc1.OBO. The molecule has 0 aliphatic rings. The largest absolute Gasteiger partial charge is 0.432 e. The Hall–Kier alpha value is 0.165. The van der Waals surface area contributed by atoms with Crippen molar-refractivity contribution in [2.75, 3.05) is 0 Å². The summed E-state index contributed by atoms with van der Waals surface area (Å²) in [6.45, 7) is 0. The van der Waals surface area contributed by atoms with Crippen LogP contribution >= 0.6 is 27.3 Å². The summed E-state index contributed by atoms with van der Waals surface area (Å²) in [4.78, 5) is 0. The van der Waals surface area contributed by atoms with Gasteiger partial charge in [0.05, 0.1) is 0 Å². The van der Waals surface area contributed by atoms with Crippen LogP contribution in [0.5, 0.6) is 0 Å². The molecule has 0 atom stereocenters. The third-order valence-electron chi connectivity index (χ3n) is 0.486. The Morgan fingerprint density at radius 3 is 2.22 bits per heavy atom. The van der Waals surface area contributed by atoms with Crippen LogP contribution in [0.25, 0.3) is 0 Å². The van der Waals surface area contributed by atoms with E-state index in [0.717, 1.165) is 0 Å². The molecule has 0 aliphatic carbocycles. The standard InChI is InChI=1S/C4H3BrS.BH3O2/c5-4-1-2-6-3-4;2-1-3/h1-3H;1-3H. The molecule has 0 aromatic carbocycles. The van der Waals surface area contributed by atoms with Gasteiger partial charge in [0.1, 0.15) is 0 Å². The number of hydrogen-bond donors (Lipinski definition) is 2. The highest BCUT2D eigenvalue weighted by Gasteiger charge is 1.77. The van der Waals surface area contributed by atoms with E-state index in [-0.39, 0.29) is 0 Å². The van der Waals surface area contributed by atoms with Gasteiger partial charge in [-0.1, -0.05) is 0 Å². The highest BCUT2D eigenvalue weighted by atomic mass is 79.9. The molecule has 1 heterocycles. The fourth-order valence-electron chi connectivity index (χ4n) is 0.248. The summed E-state index contributed by atoms with van der Waals surface area (Å²) in [5.74, 6) is 0. The third kappa shape index (κ3) is 6.04. The van der Waals surface area contributed by atoms with Crippen LogP contribution < -0.4 is 0 Å². The molecule has 50 valence electrons. The third-order valence-corrected chi connectivity index (χ3v) is 1.97. The van der Waals surface area contributed by atoms with Crippen LogP contribution in [0.2, 0.25) is 0 Å². The molecule has 0 spiro atoms. The molecule has 0 saturated carbocycles. The Balaban J connectivity index is 0.000000187. The van der Waals surface area contributed by atoms with Gasteiger partial charge >= 0.3 is 7.69 Å². The Labute approximate surface area is 66.6 Å². The molecule has 0 fully saturated rings. The molecule has 0 amide bonds. The van der Waals surface area contributed by atoms with Crippen LogP contribution in [-0.4, -0.2) is 17.7 Å². The molecule has 1 rings (SSSR count). The summed E-state index contributed by atoms with van der Waals surface area (Å²) in [7, 11) is -0.750. The van der Waals surface area contributed by atoms with Crippen LogP contribution in [0.1, 0.15) is 0 Å². The van der Waals surface area contributed by atoms with E-state index in [9.17, 15) is 0 Å². The fourth-order valence-corrected chi connectivity index (χ4v) is 1.39. The molecule has 0 unspecified atom stereocenters. The molecular weight excluding hydrogens is 203 g/mol. The second-order valence-electron chi connectivity index (χ2n) is 1.08. The topological polar surface area (TPSA) is 40.5 Å². The van der Waals surface area contributed by atoms with E-state index in [1.165, 1.54) is 4.47 Å². The van der Waals surface area contributed by atoms with E-state index >= 15 is 0 Å². The fraction of sp³-hybridized carbons (Fsp3) is 0. The lowest BCUT2D eigenvalue weighted by molar-refractivity contribution is 0.448. The first kappa shape index (κ1) is 9.16. The molecule has 0 saturated heterocycles. The van der Waals surface area contributed by atoms with Crippen LogP contribution in [0.3, 0.4) is 0 Å². The lowest BCUT2D eigenvalue weighted by atomic mass is 10.5. The van der Waals surface area contributed by atoms with Gasteiger partial charge in [0.25, 0.3) is 0 Å². The second kappa shape index (κ2) is 6.29. The zero-order valence-corrected chi connectivity index (χ0v) is 7.02. The highest BCUT2D eigenvalue weighted by molar-refractivity contribution is 9.10. The molecule has 0 aliphatic heterocycles.